The first kappa shape index (κ1) is 9.57. The van der Waals surface area contributed by atoms with Gasteiger partial charge in [-0.05, 0) is 31.6 Å². The highest BCUT2D eigenvalue weighted by Crippen LogP contribution is 2.17. The second kappa shape index (κ2) is 5.18. The monoisotopic (exact) mass is 164 g/mol. The Bertz CT molecular complexity index is 174. The Balaban J connectivity index is 2.53. The van der Waals surface area contributed by atoms with Gasteiger partial charge >= 0.3 is 0 Å². The lowest BCUT2D eigenvalue weighted by Gasteiger charge is -2.05. The van der Waals surface area contributed by atoms with Crippen LogP contribution < -0.4 is 0 Å². The molecule has 0 heterocycles. The van der Waals surface area contributed by atoms with E-state index in [9.17, 15) is 0 Å². The van der Waals surface area contributed by atoms with Gasteiger partial charge < -0.3 is 0 Å². The van der Waals surface area contributed by atoms with Crippen LogP contribution in [0, 0.1) is 5.92 Å². The minimum Gasteiger partial charge on any atom is -0.0840 e. The van der Waals surface area contributed by atoms with Gasteiger partial charge in [-0.25, -0.2) is 0 Å². The molecule has 1 unspecified atom stereocenters. The van der Waals surface area contributed by atoms with Crippen LogP contribution in [0.25, 0.3) is 0 Å². The lowest BCUT2D eigenvalue weighted by Crippen LogP contribution is -1.90. The maximum atomic E-state index is 2.40. The van der Waals surface area contributed by atoms with Crippen LogP contribution in [-0.4, -0.2) is 0 Å². The Morgan fingerprint density at radius 1 is 1.50 bits per heavy atom. The summed E-state index contributed by atoms with van der Waals surface area (Å²) in [6, 6.07) is 0. The molecular formula is C12H20. The van der Waals surface area contributed by atoms with Gasteiger partial charge in [-0.1, -0.05) is 44.1 Å². The summed E-state index contributed by atoms with van der Waals surface area (Å²) < 4.78 is 0. The summed E-state index contributed by atoms with van der Waals surface area (Å²) in [5.74, 6) is 0.880. The molecule has 0 fully saturated rings. The first-order valence-corrected chi connectivity index (χ1v) is 5.18. The zero-order valence-corrected chi connectivity index (χ0v) is 8.34. The first-order chi connectivity index (χ1) is 5.83. The van der Waals surface area contributed by atoms with Gasteiger partial charge in [0, 0.05) is 0 Å². The van der Waals surface area contributed by atoms with Crippen molar-refractivity contribution in [3.05, 3.63) is 23.8 Å². The van der Waals surface area contributed by atoms with Crippen molar-refractivity contribution in [3.63, 3.8) is 0 Å². The summed E-state index contributed by atoms with van der Waals surface area (Å²) in [5, 5.41) is 0. The molecule has 0 aromatic rings. The normalized spacial score (nSPS) is 25.5. The lowest BCUT2D eigenvalue weighted by atomic mass is 10.0. The summed E-state index contributed by atoms with van der Waals surface area (Å²) >= 11 is 0. The zero-order chi connectivity index (χ0) is 8.81. The molecule has 1 aliphatic carbocycles. The maximum absolute atomic E-state index is 2.40. The average molecular weight is 164 g/mol. The number of allylic oxidation sites excluding steroid dienone is 4. The average Bonchev–Trinajstić information content (AvgIpc) is 2.17. The van der Waals surface area contributed by atoms with Crippen LogP contribution in [-0.2, 0) is 0 Å². The highest BCUT2D eigenvalue weighted by atomic mass is 14.1. The second-order valence-electron chi connectivity index (χ2n) is 3.81. The van der Waals surface area contributed by atoms with E-state index in [1.807, 2.05) is 0 Å². The fourth-order valence-electron chi connectivity index (χ4n) is 1.65. The van der Waals surface area contributed by atoms with Gasteiger partial charge in [-0.15, -0.1) is 0 Å². The molecule has 0 radical (unpaired) electrons. The molecule has 0 aromatic heterocycles. The van der Waals surface area contributed by atoms with Crippen molar-refractivity contribution < 1.29 is 0 Å². The predicted octanol–water partition coefficient (Wildman–Crippen LogP) is 4.09. The third-order valence-corrected chi connectivity index (χ3v) is 2.59. The van der Waals surface area contributed by atoms with Crippen molar-refractivity contribution in [2.24, 2.45) is 5.92 Å². The van der Waals surface area contributed by atoms with Crippen molar-refractivity contribution in [2.45, 2.75) is 46.0 Å². The molecule has 0 amide bonds. The molecule has 1 rings (SSSR count). The molecule has 0 saturated heterocycles. The van der Waals surface area contributed by atoms with Gasteiger partial charge in [0.2, 0.25) is 0 Å². The van der Waals surface area contributed by atoms with Gasteiger partial charge in [0.25, 0.3) is 0 Å². The first-order valence-electron chi connectivity index (χ1n) is 5.18. The fraction of sp³-hybridized carbons (Fsp3) is 0.667. The van der Waals surface area contributed by atoms with E-state index in [-0.39, 0.29) is 0 Å². The summed E-state index contributed by atoms with van der Waals surface area (Å²) in [6.45, 7) is 4.58. The molecule has 68 valence electrons. The van der Waals surface area contributed by atoms with Crippen molar-refractivity contribution >= 4 is 0 Å². The van der Waals surface area contributed by atoms with Crippen molar-refractivity contribution in [1.82, 2.24) is 0 Å². The van der Waals surface area contributed by atoms with Gasteiger partial charge in [0.05, 0.1) is 0 Å². The van der Waals surface area contributed by atoms with E-state index in [0.29, 0.717) is 0 Å². The van der Waals surface area contributed by atoms with E-state index in [1.54, 1.807) is 0 Å². The molecule has 1 atom stereocenters. The Morgan fingerprint density at radius 3 is 3.08 bits per heavy atom. The van der Waals surface area contributed by atoms with E-state index < -0.39 is 0 Å². The number of hydrogen-bond acceptors (Lipinski definition) is 0. The summed E-state index contributed by atoms with van der Waals surface area (Å²) in [6.07, 6.45) is 13.5. The third kappa shape index (κ3) is 3.25. The summed E-state index contributed by atoms with van der Waals surface area (Å²) in [5.41, 5.74) is 1.52. The van der Waals surface area contributed by atoms with Crippen molar-refractivity contribution in [3.8, 4) is 0 Å². The zero-order valence-electron chi connectivity index (χ0n) is 8.34. The van der Waals surface area contributed by atoms with Crippen molar-refractivity contribution in [2.75, 3.05) is 0 Å². The summed E-state index contributed by atoms with van der Waals surface area (Å²) in [7, 11) is 0. The quantitative estimate of drug-likeness (QED) is 0.547. The second-order valence-corrected chi connectivity index (χ2v) is 3.81. The van der Waals surface area contributed by atoms with E-state index >= 15 is 0 Å². The molecule has 0 aliphatic heterocycles. The molecule has 1 aliphatic rings. The summed E-state index contributed by atoms with van der Waals surface area (Å²) in [4.78, 5) is 0. The van der Waals surface area contributed by atoms with Gasteiger partial charge in [-0.3, -0.25) is 0 Å². The van der Waals surface area contributed by atoms with Crippen molar-refractivity contribution in [1.29, 1.82) is 0 Å². The maximum Gasteiger partial charge on any atom is -0.0311 e. The van der Waals surface area contributed by atoms with Crippen LogP contribution in [0.4, 0.5) is 0 Å². The van der Waals surface area contributed by atoms with Crippen LogP contribution in [0.15, 0.2) is 23.8 Å². The molecule has 0 heteroatoms. The van der Waals surface area contributed by atoms with Crippen LogP contribution in [0.3, 0.4) is 0 Å². The molecule has 0 saturated carbocycles. The van der Waals surface area contributed by atoms with Gasteiger partial charge in [0.15, 0.2) is 0 Å². The molecule has 12 heavy (non-hydrogen) atoms. The molecule has 0 spiro atoms. The van der Waals surface area contributed by atoms with Crippen LogP contribution in [0.2, 0.25) is 0 Å². The highest BCUT2D eigenvalue weighted by Gasteiger charge is 2.00. The molecule has 0 aromatic carbocycles. The molecule has 0 N–H and O–H groups in total. The largest absolute Gasteiger partial charge is 0.0840 e. The Morgan fingerprint density at radius 2 is 2.33 bits per heavy atom. The van der Waals surface area contributed by atoms with Crippen LogP contribution in [0.1, 0.15) is 46.0 Å². The van der Waals surface area contributed by atoms with Crippen LogP contribution in [0.5, 0.6) is 0 Å². The number of rotatable bonds is 1. The smallest absolute Gasteiger partial charge is 0.0311 e. The Kier molecular flexibility index (Phi) is 4.13. The van der Waals surface area contributed by atoms with E-state index in [1.165, 1.54) is 37.7 Å². The third-order valence-electron chi connectivity index (χ3n) is 2.59. The van der Waals surface area contributed by atoms with Crippen LogP contribution >= 0.6 is 0 Å². The minimum atomic E-state index is 0.880. The SMILES string of the molecule is CCC1=CCCCC(C)CC=C1. The topological polar surface area (TPSA) is 0 Å². The van der Waals surface area contributed by atoms with Gasteiger partial charge in [-0.2, -0.15) is 0 Å². The highest BCUT2D eigenvalue weighted by molar-refractivity contribution is 5.18. The van der Waals surface area contributed by atoms with E-state index in [4.69, 9.17) is 0 Å². The molecule has 0 nitrogen and oxygen atoms in total. The lowest BCUT2D eigenvalue weighted by molar-refractivity contribution is 0.520. The van der Waals surface area contributed by atoms with E-state index in [2.05, 4.69) is 32.1 Å². The fourth-order valence-corrected chi connectivity index (χ4v) is 1.65. The van der Waals surface area contributed by atoms with E-state index in [0.717, 1.165) is 5.92 Å². The van der Waals surface area contributed by atoms with Gasteiger partial charge in [0.1, 0.15) is 0 Å². The minimum absolute atomic E-state index is 0.880. The molecular weight excluding hydrogens is 144 g/mol. The Labute approximate surface area is 76.4 Å². The predicted molar refractivity (Wildman–Crippen MR) is 55.1 cm³/mol. The number of hydrogen-bond donors (Lipinski definition) is 0. The standard InChI is InChI=1S/C12H20/c1-3-12-9-5-4-7-11(2)8-6-10-12/h6,9-11H,3-5,7-8H2,1-2H3. The molecule has 0 bridgehead atoms. The Hall–Kier alpha value is -0.520.